The normalized spacial score (nSPS) is 10.8. The van der Waals surface area contributed by atoms with Crippen molar-refractivity contribution in [1.29, 1.82) is 0 Å². The molecular weight excluding hydrogens is 256 g/mol. The Bertz CT molecular complexity index is 743. The van der Waals surface area contributed by atoms with Crippen LogP contribution in [0.4, 0.5) is 0 Å². The molecule has 4 heteroatoms. The molecule has 0 amide bonds. The van der Waals surface area contributed by atoms with Crippen LogP contribution in [0.3, 0.4) is 0 Å². The van der Waals surface area contributed by atoms with E-state index >= 15 is 0 Å². The highest BCUT2D eigenvalue weighted by atomic mass is 32.2. The van der Waals surface area contributed by atoms with Gasteiger partial charge in [-0.25, -0.2) is 9.97 Å². The minimum atomic E-state index is 0.304. The second-order valence-electron chi connectivity index (χ2n) is 4.23. The fourth-order valence-electron chi connectivity index (χ4n) is 1.94. The Balaban J connectivity index is 2.09. The second kappa shape index (κ2) is 4.90. The van der Waals surface area contributed by atoms with Gasteiger partial charge in [-0.2, -0.15) is 0 Å². The Labute approximate surface area is 115 Å². The molecule has 0 aliphatic heterocycles. The van der Waals surface area contributed by atoms with Gasteiger partial charge in [0, 0.05) is 16.0 Å². The predicted molar refractivity (Wildman–Crippen MR) is 76.5 cm³/mol. The number of nitrogens with zero attached hydrogens (tertiary/aromatic N) is 2. The summed E-state index contributed by atoms with van der Waals surface area (Å²) in [6, 6.07) is 13.4. The zero-order chi connectivity index (χ0) is 13.2. The van der Waals surface area contributed by atoms with E-state index < -0.39 is 0 Å². The van der Waals surface area contributed by atoms with Gasteiger partial charge in [0.15, 0.2) is 0 Å². The first-order valence-corrected chi connectivity index (χ1v) is 6.73. The summed E-state index contributed by atoms with van der Waals surface area (Å²) in [5.41, 5.74) is 0.945. The van der Waals surface area contributed by atoms with Gasteiger partial charge in [0.25, 0.3) is 0 Å². The number of hydrogen-bond donors (Lipinski definition) is 1. The first-order chi connectivity index (χ1) is 9.24. The number of aromatic hydroxyl groups is 1. The van der Waals surface area contributed by atoms with Gasteiger partial charge in [0.2, 0.25) is 0 Å². The predicted octanol–water partition coefficient (Wildman–Crippen LogP) is 3.80. The highest BCUT2D eigenvalue weighted by Gasteiger charge is 2.07. The van der Waals surface area contributed by atoms with Gasteiger partial charge in [-0.15, -0.1) is 0 Å². The number of rotatable bonds is 2. The molecule has 0 aliphatic rings. The zero-order valence-corrected chi connectivity index (χ0v) is 11.2. The quantitative estimate of drug-likeness (QED) is 0.718. The van der Waals surface area contributed by atoms with E-state index in [4.69, 9.17) is 0 Å². The van der Waals surface area contributed by atoms with Crippen LogP contribution in [0.5, 0.6) is 5.75 Å². The van der Waals surface area contributed by atoms with Crippen molar-refractivity contribution in [2.45, 2.75) is 16.8 Å². The van der Waals surface area contributed by atoms with Gasteiger partial charge in [-0.05, 0) is 30.5 Å². The van der Waals surface area contributed by atoms with Crippen LogP contribution >= 0.6 is 11.8 Å². The fourth-order valence-corrected chi connectivity index (χ4v) is 2.92. The van der Waals surface area contributed by atoms with Gasteiger partial charge in [0.05, 0.1) is 0 Å². The summed E-state index contributed by atoms with van der Waals surface area (Å²) in [5, 5.41) is 12.7. The highest BCUT2D eigenvalue weighted by molar-refractivity contribution is 7.99. The molecule has 0 aliphatic carbocycles. The summed E-state index contributed by atoms with van der Waals surface area (Å²) in [4.78, 5) is 9.42. The lowest BCUT2D eigenvalue weighted by atomic mass is 10.1. The van der Waals surface area contributed by atoms with Crippen molar-refractivity contribution in [2.75, 3.05) is 0 Å². The smallest absolute Gasteiger partial charge is 0.123 e. The molecule has 3 aromatic rings. The average molecular weight is 268 g/mol. The molecule has 1 aromatic heterocycles. The SMILES string of the molecule is Cc1cc(Sc2ccc(O)c3ccccc23)ncn1. The van der Waals surface area contributed by atoms with Crippen molar-refractivity contribution < 1.29 is 5.11 Å². The molecule has 0 radical (unpaired) electrons. The summed E-state index contributed by atoms with van der Waals surface area (Å²) in [6.07, 6.45) is 1.57. The molecule has 0 bridgehead atoms. The number of fused-ring (bicyclic) bond motifs is 1. The van der Waals surface area contributed by atoms with Crippen LogP contribution in [0.2, 0.25) is 0 Å². The minimum Gasteiger partial charge on any atom is -0.507 e. The maximum absolute atomic E-state index is 9.87. The molecule has 19 heavy (non-hydrogen) atoms. The van der Waals surface area contributed by atoms with Crippen molar-refractivity contribution in [1.82, 2.24) is 9.97 Å². The largest absolute Gasteiger partial charge is 0.507 e. The Hall–Kier alpha value is -2.07. The topological polar surface area (TPSA) is 46.0 Å². The fraction of sp³-hybridized carbons (Fsp3) is 0.0667. The van der Waals surface area contributed by atoms with Crippen LogP contribution in [0.15, 0.2) is 58.7 Å². The standard InChI is InChI=1S/C15H12N2OS/c1-10-8-15(17-9-16-10)19-14-7-6-13(18)11-4-2-3-5-12(11)14/h2-9,18H,1H3. The van der Waals surface area contributed by atoms with E-state index in [0.29, 0.717) is 5.75 Å². The summed E-state index contributed by atoms with van der Waals surface area (Å²) < 4.78 is 0. The van der Waals surface area contributed by atoms with Crippen LogP contribution in [0.25, 0.3) is 10.8 Å². The van der Waals surface area contributed by atoms with Crippen molar-refractivity contribution in [3.63, 3.8) is 0 Å². The second-order valence-corrected chi connectivity index (χ2v) is 5.29. The van der Waals surface area contributed by atoms with E-state index in [9.17, 15) is 5.11 Å². The third-order valence-electron chi connectivity index (χ3n) is 2.85. The molecule has 3 rings (SSSR count). The van der Waals surface area contributed by atoms with Gasteiger partial charge in [-0.1, -0.05) is 36.0 Å². The molecule has 0 unspecified atom stereocenters. The number of hydrogen-bond acceptors (Lipinski definition) is 4. The molecule has 1 heterocycles. The maximum atomic E-state index is 9.87. The summed E-state index contributed by atoms with van der Waals surface area (Å²) in [5.74, 6) is 0.304. The Morgan fingerprint density at radius 3 is 2.58 bits per heavy atom. The molecular formula is C15H12N2OS. The molecule has 2 aromatic carbocycles. The molecule has 0 saturated heterocycles. The molecule has 94 valence electrons. The summed E-state index contributed by atoms with van der Waals surface area (Å²) in [6.45, 7) is 1.95. The minimum absolute atomic E-state index is 0.304. The van der Waals surface area contributed by atoms with Gasteiger partial charge in [-0.3, -0.25) is 0 Å². The average Bonchev–Trinajstić information content (AvgIpc) is 2.42. The van der Waals surface area contributed by atoms with Crippen molar-refractivity contribution in [2.24, 2.45) is 0 Å². The van der Waals surface area contributed by atoms with Crippen LogP contribution in [-0.2, 0) is 0 Å². The molecule has 0 spiro atoms. The summed E-state index contributed by atoms with van der Waals surface area (Å²) >= 11 is 1.58. The van der Waals surface area contributed by atoms with Crippen LogP contribution in [0.1, 0.15) is 5.69 Å². The third-order valence-corrected chi connectivity index (χ3v) is 3.86. The van der Waals surface area contributed by atoms with Crippen LogP contribution in [-0.4, -0.2) is 15.1 Å². The monoisotopic (exact) mass is 268 g/mol. The van der Waals surface area contributed by atoms with Gasteiger partial charge >= 0.3 is 0 Å². The summed E-state index contributed by atoms with van der Waals surface area (Å²) in [7, 11) is 0. The highest BCUT2D eigenvalue weighted by Crippen LogP contribution is 2.36. The molecule has 0 saturated carbocycles. The van der Waals surface area contributed by atoms with Gasteiger partial charge < -0.3 is 5.11 Å². The molecule has 1 N–H and O–H groups in total. The van der Waals surface area contributed by atoms with Crippen molar-refractivity contribution >= 4 is 22.5 Å². The number of benzene rings is 2. The Morgan fingerprint density at radius 1 is 1.00 bits per heavy atom. The Kier molecular flexibility index (Phi) is 3.09. The first-order valence-electron chi connectivity index (χ1n) is 5.91. The van der Waals surface area contributed by atoms with Crippen molar-refractivity contribution in [3.8, 4) is 5.75 Å². The lowest BCUT2D eigenvalue weighted by molar-refractivity contribution is 0.481. The third kappa shape index (κ3) is 2.39. The van der Waals surface area contributed by atoms with Crippen LogP contribution < -0.4 is 0 Å². The lowest BCUT2D eigenvalue weighted by Gasteiger charge is -2.07. The van der Waals surface area contributed by atoms with E-state index in [1.54, 1.807) is 24.2 Å². The van der Waals surface area contributed by atoms with E-state index in [-0.39, 0.29) is 0 Å². The van der Waals surface area contributed by atoms with E-state index in [1.165, 1.54) is 0 Å². The lowest BCUT2D eigenvalue weighted by Crippen LogP contribution is -1.86. The number of aromatic nitrogens is 2. The van der Waals surface area contributed by atoms with E-state index in [1.807, 2.05) is 43.3 Å². The first kappa shape index (κ1) is 12.0. The zero-order valence-electron chi connectivity index (χ0n) is 10.4. The molecule has 0 fully saturated rings. The number of phenols is 1. The number of aryl methyl sites for hydroxylation is 1. The molecule has 3 nitrogen and oxygen atoms in total. The Morgan fingerprint density at radius 2 is 1.79 bits per heavy atom. The maximum Gasteiger partial charge on any atom is 0.123 e. The van der Waals surface area contributed by atoms with E-state index in [0.717, 1.165) is 26.4 Å². The molecule has 0 atom stereocenters. The number of phenolic OH excluding ortho intramolecular Hbond substituents is 1. The van der Waals surface area contributed by atoms with Crippen molar-refractivity contribution in [3.05, 3.63) is 54.5 Å². The van der Waals surface area contributed by atoms with Crippen LogP contribution in [0, 0.1) is 6.92 Å². The van der Waals surface area contributed by atoms with E-state index in [2.05, 4.69) is 9.97 Å². The van der Waals surface area contributed by atoms with Gasteiger partial charge in [0.1, 0.15) is 17.1 Å².